The number of hydrogen-bond acceptors (Lipinski definition) is 4. The smallest absolute Gasteiger partial charge is 0.213 e. The second kappa shape index (κ2) is 8.51. The SMILES string of the molecule is CN=C(NCCS(=O)(=O)NCC1CCC1)N1CCC(N2CC=CC2)C1. The molecule has 0 bridgehead atoms. The van der Waals surface area contributed by atoms with E-state index in [4.69, 9.17) is 0 Å². The maximum atomic E-state index is 12.1. The van der Waals surface area contributed by atoms with E-state index < -0.39 is 10.0 Å². The topological polar surface area (TPSA) is 77.0 Å². The fourth-order valence-electron chi connectivity index (χ4n) is 3.67. The number of sulfonamides is 1. The molecule has 0 amide bonds. The van der Waals surface area contributed by atoms with Gasteiger partial charge >= 0.3 is 0 Å². The third-order valence-electron chi connectivity index (χ3n) is 5.51. The second-order valence-corrected chi connectivity index (χ2v) is 9.18. The Morgan fingerprint density at radius 3 is 2.64 bits per heavy atom. The van der Waals surface area contributed by atoms with Gasteiger partial charge in [-0.1, -0.05) is 18.6 Å². The third kappa shape index (κ3) is 5.18. The Balaban J connectivity index is 1.38. The van der Waals surface area contributed by atoms with Crippen molar-refractivity contribution in [2.45, 2.75) is 31.7 Å². The van der Waals surface area contributed by atoms with Gasteiger partial charge in [-0.15, -0.1) is 0 Å². The first kappa shape index (κ1) is 18.7. The van der Waals surface area contributed by atoms with Gasteiger partial charge in [0.2, 0.25) is 10.0 Å². The van der Waals surface area contributed by atoms with Crippen LogP contribution in [-0.2, 0) is 10.0 Å². The highest BCUT2D eigenvalue weighted by Gasteiger charge is 2.29. The molecule has 3 rings (SSSR count). The van der Waals surface area contributed by atoms with E-state index in [-0.39, 0.29) is 5.75 Å². The number of hydrogen-bond donors (Lipinski definition) is 2. The number of likely N-dealkylation sites (tertiary alicyclic amines) is 1. The lowest BCUT2D eigenvalue weighted by atomic mass is 9.86. The van der Waals surface area contributed by atoms with Crippen LogP contribution in [0.15, 0.2) is 17.1 Å². The van der Waals surface area contributed by atoms with Crippen LogP contribution in [0.5, 0.6) is 0 Å². The first-order valence-corrected chi connectivity index (χ1v) is 11.0. The van der Waals surface area contributed by atoms with Gasteiger partial charge in [0.25, 0.3) is 0 Å². The Morgan fingerprint density at radius 2 is 2.00 bits per heavy atom. The van der Waals surface area contributed by atoms with Crippen molar-refractivity contribution in [1.82, 2.24) is 19.8 Å². The van der Waals surface area contributed by atoms with Gasteiger partial charge in [0.15, 0.2) is 5.96 Å². The molecule has 25 heavy (non-hydrogen) atoms. The van der Waals surface area contributed by atoms with E-state index in [9.17, 15) is 8.42 Å². The summed E-state index contributed by atoms with van der Waals surface area (Å²) in [5.74, 6) is 1.44. The van der Waals surface area contributed by atoms with Crippen LogP contribution in [-0.4, -0.2) is 82.3 Å². The largest absolute Gasteiger partial charge is 0.355 e. The van der Waals surface area contributed by atoms with Crippen LogP contribution in [0.25, 0.3) is 0 Å². The summed E-state index contributed by atoms with van der Waals surface area (Å²) in [5.41, 5.74) is 0. The number of aliphatic imine (C=N–C) groups is 1. The van der Waals surface area contributed by atoms with Crippen LogP contribution < -0.4 is 10.0 Å². The highest BCUT2D eigenvalue weighted by molar-refractivity contribution is 7.89. The van der Waals surface area contributed by atoms with E-state index in [1.165, 1.54) is 6.42 Å². The summed E-state index contributed by atoms with van der Waals surface area (Å²) in [6, 6.07) is 0.557. The molecule has 0 aromatic carbocycles. The number of nitrogens with one attached hydrogen (secondary N) is 2. The van der Waals surface area contributed by atoms with Crippen LogP contribution in [0.2, 0.25) is 0 Å². The van der Waals surface area contributed by atoms with Gasteiger partial charge in [-0.3, -0.25) is 9.89 Å². The molecule has 1 unspecified atom stereocenters. The number of guanidine groups is 1. The monoisotopic (exact) mass is 369 g/mol. The summed E-state index contributed by atoms with van der Waals surface area (Å²) in [6.45, 7) is 4.97. The lowest BCUT2D eigenvalue weighted by molar-refractivity contribution is 0.259. The molecule has 1 aliphatic carbocycles. The summed E-state index contributed by atoms with van der Waals surface area (Å²) in [6.07, 6.45) is 9.10. The average molecular weight is 370 g/mol. The fraction of sp³-hybridized carbons (Fsp3) is 0.824. The van der Waals surface area contributed by atoms with E-state index in [0.717, 1.165) is 51.4 Å². The predicted octanol–water partition coefficient (Wildman–Crippen LogP) is 0.227. The summed E-state index contributed by atoms with van der Waals surface area (Å²) in [5, 5.41) is 3.22. The maximum absolute atomic E-state index is 12.1. The molecule has 2 aliphatic heterocycles. The average Bonchev–Trinajstić information content (AvgIpc) is 3.20. The molecule has 7 nitrogen and oxygen atoms in total. The van der Waals surface area contributed by atoms with Crippen molar-refractivity contribution in [2.24, 2.45) is 10.9 Å². The van der Waals surface area contributed by atoms with Gasteiger partial charge < -0.3 is 10.2 Å². The van der Waals surface area contributed by atoms with Gasteiger partial charge in [0.1, 0.15) is 0 Å². The van der Waals surface area contributed by atoms with Gasteiger partial charge in [-0.05, 0) is 25.2 Å². The molecule has 0 aromatic heterocycles. The Morgan fingerprint density at radius 1 is 1.24 bits per heavy atom. The van der Waals surface area contributed by atoms with Gasteiger partial charge in [0.05, 0.1) is 5.75 Å². The van der Waals surface area contributed by atoms with Crippen LogP contribution in [0.1, 0.15) is 25.7 Å². The first-order valence-electron chi connectivity index (χ1n) is 9.39. The number of rotatable bonds is 7. The molecule has 3 aliphatic rings. The number of nitrogens with zero attached hydrogens (tertiary/aromatic N) is 3. The van der Waals surface area contributed by atoms with E-state index in [2.05, 4.69) is 37.0 Å². The van der Waals surface area contributed by atoms with Gasteiger partial charge in [-0.2, -0.15) is 0 Å². The van der Waals surface area contributed by atoms with Crippen molar-refractivity contribution in [1.29, 1.82) is 0 Å². The Kier molecular flexibility index (Phi) is 6.35. The highest BCUT2D eigenvalue weighted by atomic mass is 32.2. The van der Waals surface area contributed by atoms with Crippen LogP contribution in [0.4, 0.5) is 0 Å². The minimum Gasteiger partial charge on any atom is -0.355 e. The van der Waals surface area contributed by atoms with Crippen molar-refractivity contribution in [3.05, 3.63) is 12.2 Å². The zero-order chi connectivity index (χ0) is 17.7. The van der Waals surface area contributed by atoms with Crippen LogP contribution >= 0.6 is 0 Å². The zero-order valence-electron chi connectivity index (χ0n) is 15.2. The molecule has 8 heteroatoms. The minimum atomic E-state index is -3.21. The van der Waals surface area contributed by atoms with Crippen molar-refractivity contribution in [2.75, 3.05) is 52.1 Å². The summed E-state index contributed by atoms with van der Waals surface area (Å²) < 4.78 is 26.9. The maximum Gasteiger partial charge on any atom is 0.213 e. The molecule has 0 radical (unpaired) electrons. The molecule has 2 N–H and O–H groups in total. The Labute approximate surface area is 151 Å². The summed E-state index contributed by atoms with van der Waals surface area (Å²) in [7, 11) is -1.45. The molecule has 0 spiro atoms. The van der Waals surface area contributed by atoms with E-state index in [1.54, 1.807) is 7.05 Å². The Hall–Kier alpha value is -1.12. The molecule has 2 fully saturated rings. The van der Waals surface area contributed by atoms with Crippen molar-refractivity contribution >= 4 is 16.0 Å². The predicted molar refractivity (Wildman–Crippen MR) is 101 cm³/mol. The zero-order valence-corrected chi connectivity index (χ0v) is 16.0. The molecule has 1 saturated carbocycles. The van der Waals surface area contributed by atoms with Crippen LogP contribution in [0, 0.1) is 5.92 Å². The van der Waals surface area contributed by atoms with Gasteiger partial charge in [-0.25, -0.2) is 13.1 Å². The Bertz CT molecular complexity index is 592. The molecule has 2 heterocycles. The van der Waals surface area contributed by atoms with Crippen molar-refractivity contribution < 1.29 is 8.42 Å². The standard InChI is InChI=1S/C17H31N5O2S/c1-18-17(22-11-7-16(14-22)21-9-2-3-10-21)19-8-12-25(23,24)20-13-15-5-4-6-15/h2-3,15-16,20H,4-14H2,1H3,(H,18,19). The van der Waals surface area contributed by atoms with Gasteiger partial charge in [0, 0.05) is 52.4 Å². The molecule has 1 saturated heterocycles. The molecular formula is C17H31N5O2S. The second-order valence-electron chi connectivity index (χ2n) is 7.25. The highest BCUT2D eigenvalue weighted by Crippen LogP contribution is 2.25. The fourth-order valence-corrected chi connectivity index (χ4v) is 4.67. The van der Waals surface area contributed by atoms with E-state index in [0.29, 0.717) is 25.0 Å². The first-order chi connectivity index (χ1) is 12.1. The lowest BCUT2D eigenvalue weighted by Gasteiger charge is -2.26. The van der Waals surface area contributed by atoms with Crippen LogP contribution in [0.3, 0.4) is 0 Å². The minimum absolute atomic E-state index is 0.0893. The molecule has 1 atom stereocenters. The summed E-state index contributed by atoms with van der Waals surface area (Å²) >= 11 is 0. The molecular weight excluding hydrogens is 338 g/mol. The van der Waals surface area contributed by atoms with Crippen molar-refractivity contribution in [3.8, 4) is 0 Å². The molecule has 0 aromatic rings. The quantitative estimate of drug-likeness (QED) is 0.382. The summed E-state index contributed by atoms with van der Waals surface area (Å²) in [4.78, 5) is 9.04. The normalized spacial score (nSPS) is 25.6. The third-order valence-corrected chi connectivity index (χ3v) is 6.86. The lowest BCUT2D eigenvalue weighted by Crippen LogP contribution is -2.45. The van der Waals surface area contributed by atoms with E-state index in [1.807, 2.05) is 0 Å². The van der Waals surface area contributed by atoms with E-state index >= 15 is 0 Å². The van der Waals surface area contributed by atoms with Crippen molar-refractivity contribution in [3.63, 3.8) is 0 Å². The molecule has 142 valence electrons.